The number of carbonyl (C=O) groups excluding carboxylic acids is 1. The first-order valence-electron chi connectivity index (χ1n) is 6.12. The van der Waals surface area contributed by atoms with Gasteiger partial charge in [0.05, 0.1) is 0 Å². The Hall–Kier alpha value is -1.04. The van der Waals surface area contributed by atoms with E-state index in [-0.39, 0.29) is 0 Å². The van der Waals surface area contributed by atoms with Crippen LogP contribution in [0.2, 0.25) is 5.02 Å². The highest BCUT2D eigenvalue weighted by atomic mass is 79.9. The maximum Gasteiger partial charge on any atom is 0.247 e. The van der Waals surface area contributed by atoms with Crippen LogP contribution in [0.25, 0.3) is 0 Å². The van der Waals surface area contributed by atoms with E-state index >= 15 is 0 Å². The number of rotatable bonds is 4. The highest BCUT2D eigenvalue weighted by Gasteiger charge is 2.35. The molecule has 0 heterocycles. The maximum atomic E-state index is 12.0. The van der Waals surface area contributed by atoms with Crippen molar-refractivity contribution >= 4 is 55.1 Å². The highest BCUT2D eigenvalue weighted by molar-refractivity contribution is 9.10. The van der Waals surface area contributed by atoms with Crippen LogP contribution in [0.1, 0.15) is 12.5 Å². The van der Waals surface area contributed by atoms with Crippen LogP contribution in [0.4, 0.5) is 5.69 Å². The second-order valence-electron chi connectivity index (χ2n) is 4.75. The predicted molar refractivity (Wildman–Crippen MR) is 93.5 cm³/mol. The lowest BCUT2D eigenvalue weighted by molar-refractivity contribution is -0.122. The first kappa shape index (κ1) is 16.3. The molecule has 0 saturated heterocycles. The van der Waals surface area contributed by atoms with Crippen molar-refractivity contribution in [1.29, 1.82) is 0 Å². The van der Waals surface area contributed by atoms with Crippen molar-refractivity contribution in [1.82, 2.24) is 0 Å². The van der Waals surface area contributed by atoms with Crippen LogP contribution in [0.3, 0.4) is 0 Å². The molecule has 1 amide bonds. The zero-order chi connectivity index (χ0) is 15.6. The number of amides is 1. The quantitative estimate of drug-likeness (QED) is 0.737. The van der Waals surface area contributed by atoms with Crippen LogP contribution >= 0.6 is 43.5 Å². The van der Waals surface area contributed by atoms with Crippen LogP contribution in [0, 0.1) is 0 Å². The lowest BCUT2D eigenvalue weighted by Crippen LogP contribution is -2.45. The van der Waals surface area contributed by atoms with Gasteiger partial charge in [-0.1, -0.05) is 55.6 Å². The van der Waals surface area contributed by atoms with Gasteiger partial charge < -0.3 is 11.1 Å². The first-order chi connectivity index (χ1) is 9.83. The molecule has 3 N–H and O–H groups in total. The largest absolute Gasteiger partial charge is 0.368 e. The number of nitrogens with two attached hydrogens (primary N) is 1. The Bertz CT molecular complexity index is 693. The van der Waals surface area contributed by atoms with Gasteiger partial charge in [0.2, 0.25) is 5.91 Å². The lowest BCUT2D eigenvalue weighted by Gasteiger charge is -2.30. The number of halogens is 3. The molecule has 0 bridgehead atoms. The van der Waals surface area contributed by atoms with Crippen LogP contribution < -0.4 is 11.1 Å². The van der Waals surface area contributed by atoms with E-state index in [2.05, 4.69) is 37.2 Å². The minimum atomic E-state index is -1.11. The van der Waals surface area contributed by atoms with Crippen molar-refractivity contribution in [3.05, 3.63) is 62.0 Å². The van der Waals surface area contributed by atoms with Crippen molar-refractivity contribution < 1.29 is 4.79 Å². The third-order valence-electron chi connectivity index (χ3n) is 3.18. The fourth-order valence-corrected chi connectivity index (χ4v) is 3.27. The molecule has 6 heteroatoms. The molecule has 2 rings (SSSR count). The predicted octanol–water partition coefficient (Wildman–Crippen LogP) is 4.68. The van der Waals surface area contributed by atoms with E-state index in [4.69, 9.17) is 17.3 Å². The topological polar surface area (TPSA) is 55.1 Å². The van der Waals surface area contributed by atoms with Crippen LogP contribution in [-0.4, -0.2) is 5.91 Å². The molecule has 2 aromatic carbocycles. The van der Waals surface area contributed by atoms with Gasteiger partial charge in [-0.3, -0.25) is 4.79 Å². The standard InChI is InChI=1S/C15H13Br2ClN2O/c1-15(14(19)21,12-6-5-10(17)8-13(12)18)20-11-4-2-3-9(16)7-11/h2-8,20H,1H3,(H2,19,21). The monoisotopic (exact) mass is 430 g/mol. The average Bonchev–Trinajstić information content (AvgIpc) is 2.38. The molecule has 0 fully saturated rings. The summed E-state index contributed by atoms with van der Waals surface area (Å²) in [5.41, 5.74) is 5.89. The van der Waals surface area contributed by atoms with Crippen LogP contribution in [0.5, 0.6) is 0 Å². The van der Waals surface area contributed by atoms with E-state index < -0.39 is 11.4 Å². The Morgan fingerprint density at radius 3 is 2.43 bits per heavy atom. The van der Waals surface area contributed by atoms with E-state index in [0.29, 0.717) is 10.6 Å². The van der Waals surface area contributed by atoms with Gasteiger partial charge >= 0.3 is 0 Å². The molecule has 1 atom stereocenters. The molecule has 3 nitrogen and oxygen atoms in total. The summed E-state index contributed by atoms with van der Waals surface area (Å²) in [6.45, 7) is 1.71. The summed E-state index contributed by atoms with van der Waals surface area (Å²) in [6, 6.07) is 12.8. The van der Waals surface area contributed by atoms with Gasteiger partial charge in [0.1, 0.15) is 5.54 Å². The Morgan fingerprint density at radius 2 is 1.86 bits per heavy atom. The van der Waals surface area contributed by atoms with Crippen molar-refractivity contribution in [3.63, 3.8) is 0 Å². The second-order valence-corrected chi connectivity index (χ2v) is 6.99. The Morgan fingerprint density at radius 1 is 1.19 bits per heavy atom. The number of carbonyl (C=O) groups is 1. The van der Waals surface area contributed by atoms with Gasteiger partial charge in [0.15, 0.2) is 0 Å². The number of benzene rings is 2. The molecule has 2 aromatic rings. The van der Waals surface area contributed by atoms with Crippen LogP contribution in [-0.2, 0) is 10.3 Å². The molecule has 0 aliphatic heterocycles. The number of primary amides is 1. The smallest absolute Gasteiger partial charge is 0.247 e. The minimum Gasteiger partial charge on any atom is -0.368 e. The summed E-state index contributed by atoms with van der Waals surface area (Å²) < 4.78 is 1.74. The number of anilines is 1. The number of hydrogen-bond donors (Lipinski definition) is 2. The summed E-state index contributed by atoms with van der Waals surface area (Å²) in [7, 11) is 0. The molecule has 0 radical (unpaired) electrons. The van der Waals surface area contributed by atoms with Gasteiger partial charge in [0, 0.05) is 25.2 Å². The molecule has 0 aliphatic rings. The van der Waals surface area contributed by atoms with Crippen molar-refractivity contribution in [2.45, 2.75) is 12.5 Å². The summed E-state index contributed by atoms with van der Waals surface area (Å²) in [6.07, 6.45) is 0. The summed E-state index contributed by atoms with van der Waals surface area (Å²) in [5.74, 6) is -0.508. The van der Waals surface area contributed by atoms with Gasteiger partial charge in [-0.25, -0.2) is 0 Å². The Labute approximate surface area is 145 Å². The van der Waals surface area contributed by atoms with Crippen LogP contribution in [0.15, 0.2) is 51.4 Å². The van der Waals surface area contributed by atoms with E-state index in [9.17, 15) is 4.79 Å². The summed E-state index contributed by atoms with van der Waals surface area (Å²) in [5, 5.41) is 3.63. The van der Waals surface area contributed by atoms with Gasteiger partial charge in [0.25, 0.3) is 0 Å². The molecular formula is C15H13Br2ClN2O. The Kier molecular flexibility index (Phi) is 4.96. The molecule has 1 unspecified atom stereocenters. The zero-order valence-corrected chi connectivity index (χ0v) is 15.1. The first-order valence-corrected chi connectivity index (χ1v) is 8.08. The van der Waals surface area contributed by atoms with E-state index in [0.717, 1.165) is 14.6 Å². The van der Waals surface area contributed by atoms with Gasteiger partial charge in [-0.15, -0.1) is 0 Å². The van der Waals surface area contributed by atoms with Gasteiger partial charge in [-0.2, -0.15) is 0 Å². The Balaban J connectivity index is 2.48. The van der Waals surface area contributed by atoms with E-state index in [1.165, 1.54) is 0 Å². The second kappa shape index (κ2) is 6.38. The third-order valence-corrected chi connectivity index (χ3v) is 4.48. The number of hydrogen-bond acceptors (Lipinski definition) is 2. The van der Waals surface area contributed by atoms with Crippen molar-refractivity contribution in [3.8, 4) is 0 Å². The van der Waals surface area contributed by atoms with E-state index in [1.54, 1.807) is 19.1 Å². The van der Waals surface area contributed by atoms with Crippen molar-refractivity contribution in [2.24, 2.45) is 5.73 Å². The summed E-state index contributed by atoms with van der Waals surface area (Å²) >= 11 is 13.0. The molecule has 21 heavy (non-hydrogen) atoms. The third kappa shape index (κ3) is 3.59. The maximum absolute atomic E-state index is 12.0. The van der Waals surface area contributed by atoms with E-state index in [1.807, 2.05) is 30.3 Å². The molecule has 0 spiro atoms. The average molecular weight is 433 g/mol. The molecular weight excluding hydrogens is 419 g/mol. The fourth-order valence-electron chi connectivity index (χ4n) is 2.01. The van der Waals surface area contributed by atoms with Gasteiger partial charge in [-0.05, 0) is 37.3 Å². The lowest BCUT2D eigenvalue weighted by atomic mass is 9.90. The number of nitrogens with one attached hydrogen (secondary N) is 1. The summed E-state index contributed by atoms with van der Waals surface area (Å²) in [4.78, 5) is 12.0. The molecule has 0 aromatic heterocycles. The normalized spacial score (nSPS) is 13.5. The zero-order valence-electron chi connectivity index (χ0n) is 11.2. The molecule has 0 saturated carbocycles. The minimum absolute atomic E-state index is 0.466. The molecule has 0 aliphatic carbocycles. The highest BCUT2D eigenvalue weighted by Crippen LogP contribution is 2.33. The fraction of sp³-hybridized carbons (Fsp3) is 0.133. The molecule has 110 valence electrons. The van der Waals surface area contributed by atoms with Crippen molar-refractivity contribution in [2.75, 3.05) is 5.32 Å². The SMILES string of the molecule is CC(Nc1cccc(Br)c1)(C(N)=O)c1ccc(Br)cc1Cl.